The molecule has 4 saturated heterocycles. The number of nitrogens with one attached hydrogen (secondary N) is 1. The van der Waals surface area contributed by atoms with Crippen LogP contribution in [0.2, 0.25) is 5.02 Å². The predicted molar refractivity (Wildman–Crippen MR) is 173 cm³/mol. The molecule has 5 unspecified atom stereocenters. The number of aromatic hydroxyl groups is 1. The lowest BCUT2D eigenvalue weighted by Gasteiger charge is -2.40. The number of rotatable bonds is 6. The van der Waals surface area contributed by atoms with Gasteiger partial charge >= 0.3 is 6.01 Å². The summed E-state index contributed by atoms with van der Waals surface area (Å²) in [4.78, 5) is 19.3. The molecule has 2 aromatic carbocycles. The van der Waals surface area contributed by atoms with Gasteiger partial charge in [0.15, 0.2) is 5.82 Å². The molecule has 9 rings (SSSR count). The molecule has 2 N–H and O–H groups in total. The number of aromatic nitrogens is 3. The topological polar surface area (TPSA) is 105 Å². The summed E-state index contributed by atoms with van der Waals surface area (Å²) in [5.74, 6) is 0.201. The van der Waals surface area contributed by atoms with Crippen LogP contribution in [-0.4, -0.2) is 94.7 Å². The Morgan fingerprint density at radius 3 is 2.96 bits per heavy atom. The number of nitrogens with zero attached hydrogens (tertiary/aromatic N) is 5. The van der Waals surface area contributed by atoms with E-state index in [1.807, 2.05) is 6.07 Å². The second-order valence-corrected chi connectivity index (χ2v) is 13.9. The summed E-state index contributed by atoms with van der Waals surface area (Å²) in [6.45, 7) is 3.22. The van der Waals surface area contributed by atoms with Crippen molar-refractivity contribution in [3.8, 4) is 28.9 Å². The maximum atomic E-state index is 17.0. The number of anilines is 1. The molecule has 0 radical (unpaired) electrons. The molecule has 0 amide bonds. The van der Waals surface area contributed by atoms with E-state index in [2.05, 4.69) is 15.1 Å². The quantitative estimate of drug-likeness (QED) is 0.295. The monoisotopic (exact) mass is 646 g/mol. The molecule has 2 bridgehead atoms. The lowest BCUT2D eigenvalue weighted by molar-refractivity contribution is 0.0521. The normalized spacial score (nSPS) is 28.4. The predicted octanol–water partition coefficient (Wildman–Crippen LogP) is 5.07. The Bertz CT molecular complexity index is 1880. The number of piperazine rings is 1. The number of pyridine rings is 1. The van der Waals surface area contributed by atoms with Gasteiger partial charge in [0.05, 0.1) is 18.2 Å². The summed E-state index contributed by atoms with van der Waals surface area (Å²) in [5.41, 5.74) is 0.338. The van der Waals surface area contributed by atoms with Crippen LogP contribution in [0, 0.1) is 5.82 Å². The minimum absolute atomic E-state index is 0.00462. The highest BCUT2D eigenvalue weighted by Gasteiger charge is 2.50. The first-order chi connectivity index (χ1) is 22.4. The Labute approximate surface area is 270 Å². The number of fused-ring (bicyclic) bond motifs is 7. The molecule has 2 aromatic heterocycles. The summed E-state index contributed by atoms with van der Waals surface area (Å²) >= 11 is 6.66. The van der Waals surface area contributed by atoms with E-state index >= 15 is 4.39 Å². The molecule has 4 aromatic rings. The van der Waals surface area contributed by atoms with Crippen LogP contribution in [0.25, 0.3) is 32.9 Å². The van der Waals surface area contributed by atoms with Crippen molar-refractivity contribution in [2.75, 3.05) is 44.9 Å². The van der Waals surface area contributed by atoms with Gasteiger partial charge in [0.2, 0.25) is 5.88 Å². The largest absolute Gasteiger partial charge is 0.508 e. The Kier molecular flexibility index (Phi) is 6.71. The fraction of sp³-hybridized carbons (Fsp3) is 0.500. The van der Waals surface area contributed by atoms with Crippen molar-refractivity contribution in [1.82, 2.24) is 25.2 Å². The molecule has 12 heteroatoms. The standard InChI is InChI=1S/C34H36ClFN6O4/c1-44-15-20-8-10-34(9-3-11-42(20)34)17-46-33-39-30-27-31(40-33)41-14-19-6-7-24(37-19)25(41)16-45-32(27)38-29(28(30)36)22-13-21(43)12-18-4-2-5-23(35)26(18)22/h2,4-5,12-13,19-20,24-25,37,43H,3,6-11,14-17H2,1H3. The second-order valence-electron chi connectivity index (χ2n) is 13.5. The number of hydrogen-bond acceptors (Lipinski definition) is 10. The number of phenols is 1. The SMILES string of the molecule is COCC1CCC2(COc3nc4c5c(nc(-c6cc(O)cc7cccc(Cl)c67)c(F)c5n3)OCC3C5CCC(CN43)N5)CCCN12. The molecule has 4 fully saturated rings. The zero-order valence-electron chi connectivity index (χ0n) is 25.6. The number of halogens is 2. The van der Waals surface area contributed by atoms with E-state index in [1.54, 1.807) is 25.3 Å². The highest BCUT2D eigenvalue weighted by molar-refractivity contribution is 6.36. The fourth-order valence-electron chi connectivity index (χ4n) is 8.89. The van der Waals surface area contributed by atoms with Crippen molar-refractivity contribution in [1.29, 1.82) is 0 Å². The van der Waals surface area contributed by atoms with Gasteiger partial charge in [0.25, 0.3) is 0 Å². The average Bonchev–Trinajstić information content (AvgIpc) is 3.71. The maximum absolute atomic E-state index is 17.0. The second kappa shape index (κ2) is 10.8. The third-order valence-corrected chi connectivity index (χ3v) is 11.3. The first-order valence-corrected chi connectivity index (χ1v) is 16.7. The van der Waals surface area contributed by atoms with Crippen molar-refractivity contribution >= 4 is 39.1 Å². The Balaban J connectivity index is 1.20. The molecular weight excluding hydrogens is 611 g/mol. The number of benzene rings is 2. The van der Waals surface area contributed by atoms with Gasteiger partial charge in [-0.2, -0.15) is 9.97 Å². The Hall–Kier alpha value is -3.51. The van der Waals surface area contributed by atoms with Gasteiger partial charge in [0.1, 0.15) is 41.4 Å². The van der Waals surface area contributed by atoms with Crippen LogP contribution in [0.5, 0.6) is 17.6 Å². The summed E-state index contributed by atoms with van der Waals surface area (Å²) < 4.78 is 35.4. The van der Waals surface area contributed by atoms with Crippen molar-refractivity contribution in [3.63, 3.8) is 0 Å². The highest BCUT2D eigenvalue weighted by atomic mass is 35.5. The smallest absolute Gasteiger partial charge is 0.319 e. The zero-order valence-corrected chi connectivity index (χ0v) is 26.4. The summed E-state index contributed by atoms with van der Waals surface area (Å²) in [6, 6.07) is 9.51. The molecular formula is C34H36ClFN6O4. The third kappa shape index (κ3) is 4.35. The molecule has 10 nitrogen and oxygen atoms in total. The van der Waals surface area contributed by atoms with Gasteiger partial charge in [0, 0.05) is 47.8 Å². The first-order valence-electron chi connectivity index (χ1n) is 16.3. The molecule has 0 saturated carbocycles. The Morgan fingerprint density at radius 2 is 2.07 bits per heavy atom. The highest BCUT2D eigenvalue weighted by Crippen LogP contribution is 2.46. The van der Waals surface area contributed by atoms with Gasteiger partial charge in [-0.1, -0.05) is 23.7 Å². The zero-order chi connectivity index (χ0) is 31.2. The average molecular weight is 647 g/mol. The number of hydrogen-bond donors (Lipinski definition) is 2. The van der Waals surface area contributed by atoms with E-state index in [-0.39, 0.29) is 46.5 Å². The van der Waals surface area contributed by atoms with Crippen LogP contribution in [0.1, 0.15) is 38.5 Å². The van der Waals surface area contributed by atoms with Crippen molar-refractivity contribution in [3.05, 3.63) is 41.2 Å². The van der Waals surface area contributed by atoms with E-state index in [9.17, 15) is 5.11 Å². The van der Waals surface area contributed by atoms with Gasteiger partial charge in [-0.05, 0) is 68.7 Å². The summed E-state index contributed by atoms with van der Waals surface area (Å²) in [6.07, 6.45) is 6.30. The first kappa shape index (κ1) is 28.7. The van der Waals surface area contributed by atoms with Crippen LogP contribution in [0.15, 0.2) is 30.3 Å². The van der Waals surface area contributed by atoms with Crippen molar-refractivity contribution in [2.24, 2.45) is 0 Å². The number of methoxy groups -OCH3 is 1. The van der Waals surface area contributed by atoms with E-state index in [0.29, 0.717) is 64.5 Å². The summed E-state index contributed by atoms with van der Waals surface area (Å²) in [7, 11) is 1.75. The van der Waals surface area contributed by atoms with E-state index < -0.39 is 5.82 Å². The number of phenolic OH excluding ortho intramolecular Hbond substituents is 1. The molecule has 5 aliphatic heterocycles. The lowest BCUT2D eigenvalue weighted by atomic mass is 9.95. The van der Waals surface area contributed by atoms with Crippen LogP contribution >= 0.6 is 11.6 Å². The maximum Gasteiger partial charge on any atom is 0.319 e. The molecule has 5 aliphatic rings. The van der Waals surface area contributed by atoms with Crippen molar-refractivity contribution in [2.45, 2.75) is 68.2 Å². The van der Waals surface area contributed by atoms with E-state index in [0.717, 1.165) is 51.6 Å². The lowest BCUT2D eigenvalue weighted by Crippen LogP contribution is -2.60. The number of ether oxygens (including phenoxy) is 3. The fourth-order valence-corrected chi connectivity index (χ4v) is 9.18. The van der Waals surface area contributed by atoms with Gasteiger partial charge < -0.3 is 29.5 Å². The molecule has 0 aliphatic carbocycles. The Morgan fingerprint density at radius 1 is 1.15 bits per heavy atom. The molecule has 5 atom stereocenters. The molecule has 7 heterocycles. The van der Waals surface area contributed by atoms with Gasteiger partial charge in [-0.15, -0.1) is 0 Å². The molecule has 0 spiro atoms. The summed E-state index contributed by atoms with van der Waals surface area (Å²) in [5, 5.41) is 16.5. The molecule has 240 valence electrons. The minimum atomic E-state index is -0.638. The van der Waals surface area contributed by atoms with E-state index in [4.69, 9.17) is 40.8 Å². The van der Waals surface area contributed by atoms with Crippen LogP contribution < -0.4 is 19.7 Å². The minimum Gasteiger partial charge on any atom is -0.508 e. The third-order valence-electron chi connectivity index (χ3n) is 11.0. The van der Waals surface area contributed by atoms with Crippen LogP contribution in [0.4, 0.5) is 10.2 Å². The molecule has 46 heavy (non-hydrogen) atoms. The van der Waals surface area contributed by atoms with Crippen LogP contribution in [0.3, 0.4) is 0 Å². The van der Waals surface area contributed by atoms with Gasteiger partial charge in [-0.25, -0.2) is 9.37 Å². The van der Waals surface area contributed by atoms with Crippen molar-refractivity contribution < 1.29 is 23.7 Å². The van der Waals surface area contributed by atoms with Crippen LogP contribution in [-0.2, 0) is 4.74 Å². The van der Waals surface area contributed by atoms with Gasteiger partial charge in [-0.3, -0.25) is 4.90 Å². The van der Waals surface area contributed by atoms with E-state index in [1.165, 1.54) is 6.07 Å².